The third-order valence-electron chi connectivity index (χ3n) is 5.90. The number of hydrogen-bond acceptors (Lipinski definition) is 6. The van der Waals surface area contributed by atoms with Gasteiger partial charge in [-0.25, -0.2) is 14.6 Å². The summed E-state index contributed by atoms with van der Waals surface area (Å²) < 4.78 is 1.78. The van der Waals surface area contributed by atoms with Crippen molar-refractivity contribution in [2.75, 3.05) is 18.0 Å². The molecule has 2 aromatic carbocycles. The third-order valence-corrected chi connectivity index (χ3v) is 6.47. The number of para-hydroxylation sites is 1. The first-order valence-corrected chi connectivity index (χ1v) is 11.6. The van der Waals surface area contributed by atoms with E-state index in [2.05, 4.69) is 15.3 Å². The molecule has 0 radical (unpaired) electrons. The Hall–Kier alpha value is -3.20. The maximum atomic E-state index is 12.2. The second-order valence-electron chi connectivity index (χ2n) is 8.71. The van der Waals surface area contributed by atoms with Crippen molar-refractivity contribution in [2.24, 2.45) is 5.73 Å². The van der Waals surface area contributed by atoms with Gasteiger partial charge >= 0.3 is 0 Å². The standard InChI is InChI=1S/C24H23Cl2N7O/c1-14(2)30-24(23(27)34)11-32(12-24)22-20-19(28-13-29-22)21(15-7-9-16(25)10-8-15)33(31-20)18-6-4-3-5-17(18)26/h3-10,13-14,30H,11-12H2,1-2H3,(H2,27,34). The third kappa shape index (κ3) is 3.77. The van der Waals surface area contributed by atoms with Crippen molar-refractivity contribution >= 4 is 46.0 Å². The molecule has 5 rings (SSSR count). The quantitative estimate of drug-likeness (QED) is 0.421. The van der Waals surface area contributed by atoms with Gasteiger partial charge in [-0.3, -0.25) is 10.1 Å². The van der Waals surface area contributed by atoms with Crippen molar-refractivity contribution in [3.63, 3.8) is 0 Å². The molecule has 8 nitrogen and oxygen atoms in total. The second kappa shape index (κ2) is 8.54. The van der Waals surface area contributed by atoms with Crippen LogP contribution in [0.15, 0.2) is 54.9 Å². The zero-order chi connectivity index (χ0) is 24.0. The Morgan fingerprint density at radius 2 is 1.76 bits per heavy atom. The lowest BCUT2D eigenvalue weighted by atomic mass is 9.88. The number of amides is 1. The topological polar surface area (TPSA) is 102 Å². The number of benzene rings is 2. The molecule has 174 valence electrons. The summed E-state index contributed by atoms with van der Waals surface area (Å²) in [5, 5.41) is 9.39. The highest BCUT2D eigenvalue weighted by molar-refractivity contribution is 6.32. The minimum atomic E-state index is -0.810. The van der Waals surface area contributed by atoms with E-state index in [0.717, 1.165) is 16.9 Å². The van der Waals surface area contributed by atoms with Crippen molar-refractivity contribution < 1.29 is 4.79 Å². The van der Waals surface area contributed by atoms with Gasteiger partial charge in [-0.1, -0.05) is 47.5 Å². The Bertz CT molecular complexity index is 1380. The molecule has 1 saturated heterocycles. The van der Waals surface area contributed by atoms with Gasteiger partial charge in [0, 0.05) is 29.7 Å². The molecule has 1 fully saturated rings. The molecule has 34 heavy (non-hydrogen) atoms. The molecule has 0 spiro atoms. The number of carbonyl (C=O) groups excluding carboxylic acids is 1. The van der Waals surface area contributed by atoms with Gasteiger partial charge in [-0.15, -0.1) is 0 Å². The molecule has 1 aliphatic rings. The van der Waals surface area contributed by atoms with E-state index < -0.39 is 5.54 Å². The molecule has 1 amide bonds. The fourth-order valence-electron chi connectivity index (χ4n) is 4.41. The Balaban J connectivity index is 1.66. The molecule has 0 aliphatic carbocycles. The largest absolute Gasteiger partial charge is 0.368 e. The van der Waals surface area contributed by atoms with E-state index in [4.69, 9.17) is 34.0 Å². The number of halogens is 2. The monoisotopic (exact) mass is 495 g/mol. The predicted octanol–water partition coefficient (Wildman–Crippen LogP) is 3.83. The lowest BCUT2D eigenvalue weighted by Gasteiger charge is -2.49. The predicted molar refractivity (Wildman–Crippen MR) is 135 cm³/mol. The molecule has 0 atom stereocenters. The Morgan fingerprint density at radius 3 is 2.41 bits per heavy atom. The van der Waals surface area contributed by atoms with Gasteiger partial charge in [0.15, 0.2) is 11.3 Å². The zero-order valence-electron chi connectivity index (χ0n) is 18.7. The summed E-state index contributed by atoms with van der Waals surface area (Å²) in [6.07, 6.45) is 1.51. The first-order chi connectivity index (χ1) is 16.3. The minimum absolute atomic E-state index is 0.107. The minimum Gasteiger partial charge on any atom is -0.368 e. The molecular formula is C24H23Cl2N7O. The van der Waals surface area contributed by atoms with Crippen LogP contribution in [0.25, 0.3) is 28.0 Å². The van der Waals surface area contributed by atoms with Crippen molar-refractivity contribution in [1.29, 1.82) is 0 Å². The summed E-state index contributed by atoms with van der Waals surface area (Å²) >= 11 is 12.7. The Kier molecular flexibility index (Phi) is 5.67. The molecule has 4 aromatic rings. The lowest BCUT2D eigenvalue weighted by Crippen LogP contribution is -2.76. The number of anilines is 1. The summed E-state index contributed by atoms with van der Waals surface area (Å²) in [4.78, 5) is 23.3. The number of fused-ring (bicyclic) bond motifs is 1. The van der Waals surface area contributed by atoms with Crippen LogP contribution < -0.4 is 16.0 Å². The normalized spacial score (nSPS) is 15.0. The van der Waals surface area contributed by atoms with Crippen LogP contribution in [0.1, 0.15) is 13.8 Å². The van der Waals surface area contributed by atoms with Crippen molar-refractivity contribution in [3.05, 3.63) is 64.9 Å². The highest BCUT2D eigenvalue weighted by atomic mass is 35.5. The molecule has 0 unspecified atom stereocenters. The smallest absolute Gasteiger partial charge is 0.241 e. The number of nitrogens with one attached hydrogen (secondary N) is 1. The number of rotatable bonds is 6. The molecule has 10 heteroatoms. The number of nitrogens with zero attached hydrogens (tertiary/aromatic N) is 5. The van der Waals surface area contributed by atoms with Crippen LogP contribution in [-0.2, 0) is 4.79 Å². The van der Waals surface area contributed by atoms with Crippen LogP contribution in [0.5, 0.6) is 0 Å². The van der Waals surface area contributed by atoms with Gasteiger partial charge in [0.1, 0.15) is 23.1 Å². The Morgan fingerprint density at radius 1 is 1.06 bits per heavy atom. The van der Waals surface area contributed by atoms with Crippen LogP contribution in [0.2, 0.25) is 10.0 Å². The summed E-state index contributed by atoms with van der Waals surface area (Å²) in [5.41, 5.74) is 8.57. The van der Waals surface area contributed by atoms with Crippen LogP contribution in [0.4, 0.5) is 5.82 Å². The van der Waals surface area contributed by atoms with E-state index in [-0.39, 0.29) is 11.9 Å². The molecule has 2 aromatic heterocycles. The Labute approximate surface area is 206 Å². The van der Waals surface area contributed by atoms with E-state index in [9.17, 15) is 4.79 Å². The van der Waals surface area contributed by atoms with Crippen molar-refractivity contribution in [3.8, 4) is 16.9 Å². The molecule has 0 bridgehead atoms. The van der Waals surface area contributed by atoms with E-state index >= 15 is 0 Å². The number of hydrogen-bond donors (Lipinski definition) is 2. The van der Waals surface area contributed by atoms with Crippen molar-refractivity contribution in [1.82, 2.24) is 25.1 Å². The highest BCUT2D eigenvalue weighted by Gasteiger charge is 2.49. The number of carbonyl (C=O) groups is 1. The average Bonchev–Trinajstić information content (AvgIpc) is 3.16. The molecule has 3 N–H and O–H groups in total. The average molecular weight is 496 g/mol. The van der Waals surface area contributed by atoms with Crippen LogP contribution >= 0.6 is 23.2 Å². The molecule has 1 aliphatic heterocycles. The summed E-state index contributed by atoms with van der Waals surface area (Å²) in [5.74, 6) is 0.250. The van der Waals surface area contributed by atoms with Crippen LogP contribution in [-0.4, -0.2) is 50.3 Å². The van der Waals surface area contributed by atoms with Gasteiger partial charge in [-0.05, 0) is 38.1 Å². The molecule has 3 heterocycles. The summed E-state index contributed by atoms with van der Waals surface area (Å²) in [6.45, 7) is 4.75. The maximum absolute atomic E-state index is 12.2. The van der Waals surface area contributed by atoms with E-state index in [1.54, 1.807) is 4.68 Å². The van der Waals surface area contributed by atoms with Crippen molar-refractivity contribution in [2.45, 2.75) is 25.4 Å². The SMILES string of the molecule is CC(C)NC1(C(N)=O)CN(c2ncnc3c(-c4ccc(Cl)cc4)n(-c4ccccc4Cl)nc23)C1. The van der Waals surface area contributed by atoms with E-state index in [0.29, 0.717) is 40.0 Å². The molecular weight excluding hydrogens is 473 g/mol. The first-order valence-electron chi connectivity index (χ1n) is 10.9. The van der Waals surface area contributed by atoms with Gasteiger partial charge in [0.25, 0.3) is 0 Å². The zero-order valence-corrected chi connectivity index (χ0v) is 20.2. The summed E-state index contributed by atoms with van der Waals surface area (Å²) in [6, 6.07) is 15.1. The fraction of sp³-hybridized carbons (Fsp3) is 0.250. The number of primary amides is 1. The number of nitrogens with two attached hydrogens (primary N) is 1. The van der Waals surface area contributed by atoms with Gasteiger partial charge in [-0.2, -0.15) is 5.10 Å². The highest BCUT2D eigenvalue weighted by Crippen LogP contribution is 2.37. The fourth-order valence-corrected chi connectivity index (χ4v) is 4.75. The number of aromatic nitrogens is 4. The summed E-state index contributed by atoms with van der Waals surface area (Å²) in [7, 11) is 0. The van der Waals surface area contributed by atoms with Gasteiger partial charge < -0.3 is 10.6 Å². The first kappa shape index (κ1) is 22.6. The lowest BCUT2D eigenvalue weighted by molar-refractivity contribution is -0.125. The van der Waals surface area contributed by atoms with Gasteiger partial charge in [0.05, 0.1) is 10.7 Å². The van der Waals surface area contributed by atoms with E-state index in [1.165, 1.54) is 6.33 Å². The molecule has 0 saturated carbocycles. The second-order valence-corrected chi connectivity index (χ2v) is 9.56. The maximum Gasteiger partial charge on any atom is 0.241 e. The van der Waals surface area contributed by atoms with E-state index in [1.807, 2.05) is 67.3 Å². The van der Waals surface area contributed by atoms with Crippen LogP contribution in [0.3, 0.4) is 0 Å². The van der Waals surface area contributed by atoms with Crippen LogP contribution in [0, 0.1) is 0 Å². The van der Waals surface area contributed by atoms with Gasteiger partial charge in [0.2, 0.25) is 5.91 Å².